The number of nitrogens with zero attached hydrogens (tertiary/aromatic N) is 1. The van der Waals surface area contributed by atoms with Gasteiger partial charge < -0.3 is 5.73 Å². The van der Waals surface area contributed by atoms with Gasteiger partial charge in [-0.15, -0.1) is 0 Å². The van der Waals surface area contributed by atoms with Crippen molar-refractivity contribution in [3.05, 3.63) is 18.0 Å². The second-order valence-corrected chi connectivity index (χ2v) is 1.60. The van der Waals surface area contributed by atoms with E-state index in [4.69, 9.17) is 5.73 Å². The largest absolute Gasteiger partial charge is 0.324 e. The van der Waals surface area contributed by atoms with Crippen LogP contribution < -0.4 is 5.73 Å². The predicted octanol–water partition coefficient (Wildman–Crippen LogP) is -0.830. The first-order valence-electron chi connectivity index (χ1n) is 2.57. The molecule has 0 aliphatic heterocycles. The third-order valence-electron chi connectivity index (χ3n) is 0.987. The molecule has 0 fully saturated rings. The summed E-state index contributed by atoms with van der Waals surface area (Å²) in [4.78, 5) is 10.7. The number of rotatable bonds is 2. The van der Waals surface area contributed by atoms with Crippen molar-refractivity contribution in [1.82, 2.24) is 10.2 Å². The first kappa shape index (κ1) is 9.84. The van der Waals surface area contributed by atoms with E-state index in [2.05, 4.69) is 10.2 Å². The van der Waals surface area contributed by atoms with Gasteiger partial charge in [0, 0.05) is 35.8 Å². The zero-order chi connectivity index (χ0) is 6.69. The summed E-state index contributed by atoms with van der Waals surface area (Å²) in [6.07, 6.45) is 1.52. The summed E-state index contributed by atoms with van der Waals surface area (Å²) in [6, 6.07) is 1.59. The zero-order valence-corrected chi connectivity index (χ0v) is 7.79. The van der Waals surface area contributed by atoms with Crippen LogP contribution in [0.25, 0.3) is 0 Å². The van der Waals surface area contributed by atoms with E-state index in [0.717, 1.165) is 0 Å². The summed E-state index contributed by atoms with van der Waals surface area (Å²) in [7, 11) is 0. The van der Waals surface area contributed by atoms with Gasteiger partial charge >= 0.3 is 0 Å². The van der Waals surface area contributed by atoms with Gasteiger partial charge in [-0.25, -0.2) is 0 Å². The summed E-state index contributed by atoms with van der Waals surface area (Å²) in [6.45, 7) is 0.0300. The summed E-state index contributed by atoms with van der Waals surface area (Å²) in [5, 5.41) is 6.10. The van der Waals surface area contributed by atoms with Crippen molar-refractivity contribution < 1.29 is 4.79 Å². The Morgan fingerprint density at radius 2 is 2.50 bits per heavy atom. The van der Waals surface area contributed by atoms with Gasteiger partial charge in [0.1, 0.15) is 5.69 Å². The van der Waals surface area contributed by atoms with Gasteiger partial charge in [0.2, 0.25) is 0 Å². The molecule has 0 atom stereocenters. The number of aromatic amines is 1. The molecule has 0 unspecified atom stereocenters. The maximum Gasteiger partial charge on any atom is 0.194 e. The Morgan fingerprint density at radius 3 is 2.90 bits per heavy atom. The van der Waals surface area contributed by atoms with Crippen LogP contribution >= 0.6 is 0 Å². The van der Waals surface area contributed by atoms with Crippen molar-refractivity contribution in [2.45, 2.75) is 0 Å². The standard InChI is InChI=1S/C5H7N3O.Na/c6-3-5(9)4-1-2-7-8-4;/h1-2H,3,6H2,(H,7,8);. The Bertz CT molecular complexity index is 197. The normalized spacial score (nSPS) is 8.50. The van der Waals surface area contributed by atoms with E-state index < -0.39 is 0 Å². The SMILES string of the molecule is NCC(=O)c1ccn[nH]1.[Na]. The van der Waals surface area contributed by atoms with E-state index in [9.17, 15) is 4.79 Å². The first-order valence-corrected chi connectivity index (χ1v) is 2.57. The topological polar surface area (TPSA) is 71.8 Å². The van der Waals surface area contributed by atoms with Crippen molar-refractivity contribution in [3.63, 3.8) is 0 Å². The van der Waals surface area contributed by atoms with Crippen LogP contribution in [-0.4, -0.2) is 52.1 Å². The number of nitrogens with one attached hydrogen (secondary N) is 1. The minimum Gasteiger partial charge on any atom is -0.324 e. The van der Waals surface area contributed by atoms with Crippen molar-refractivity contribution in [3.8, 4) is 0 Å². The van der Waals surface area contributed by atoms with Crippen LogP contribution in [-0.2, 0) is 0 Å². The molecule has 0 spiro atoms. The number of carbonyl (C=O) groups is 1. The van der Waals surface area contributed by atoms with E-state index in [-0.39, 0.29) is 41.9 Å². The number of ketones is 1. The van der Waals surface area contributed by atoms with E-state index >= 15 is 0 Å². The van der Waals surface area contributed by atoms with Gasteiger partial charge in [-0.2, -0.15) is 5.10 Å². The van der Waals surface area contributed by atoms with Crippen LogP contribution in [0.2, 0.25) is 0 Å². The number of aromatic nitrogens is 2. The molecular formula is C5H7N3NaO. The molecule has 0 saturated carbocycles. The molecule has 3 N–H and O–H groups in total. The summed E-state index contributed by atoms with van der Waals surface area (Å²) < 4.78 is 0. The molecule has 1 heterocycles. The maximum atomic E-state index is 10.7. The monoisotopic (exact) mass is 148 g/mol. The van der Waals surface area contributed by atoms with Crippen LogP contribution in [0.5, 0.6) is 0 Å². The molecule has 0 bridgehead atoms. The molecule has 0 amide bonds. The van der Waals surface area contributed by atoms with Crippen molar-refractivity contribution in [2.75, 3.05) is 6.54 Å². The van der Waals surface area contributed by atoms with Crippen molar-refractivity contribution in [1.29, 1.82) is 0 Å². The Balaban J connectivity index is 0.000000810. The van der Waals surface area contributed by atoms with Crippen LogP contribution in [0.15, 0.2) is 12.3 Å². The molecule has 1 aromatic rings. The number of carbonyl (C=O) groups excluding carboxylic acids is 1. The minimum absolute atomic E-state index is 0. The average Bonchev–Trinajstić information content (AvgIpc) is 2.37. The summed E-state index contributed by atoms with van der Waals surface area (Å²) >= 11 is 0. The third kappa shape index (κ3) is 2.22. The van der Waals surface area contributed by atoms with Crippen LogP contribution in [0.1, 0.15) is 10.5 Å². The van der Waals surface area contributed by atoms with Gasteiger partial charge in [-0.1, -0.05) is 0 Å². The molecule has 1 aromatic heterocycles. The molecule has 0 aliphatic rings. The summed E-state index contributed by atoms with van der Waals surface area (Å²) in [5.74, 6) is -0.118. The fraction of sp³-hybridized carbons (Fsp3) is 0.200. The molecule has 1 radical (unpaired) electrons. The molecule has 49 valence electrons. The Hall–Kier alpha value is -0.160. The number of hydrogen-bond acceptors (Lipinski definition) is 3. The number of Topliss-reactive ketones (excluding diaryl/α,β-unsaturated/α-hetero) is 1. The average molecular weight is 148 g/mol. The predicted molar refractivity (Wildman–Crippen MR) is 37.7 cm³/mol. The van der Waals surface area contributed by atoms with Crippen molar-refractivity contribution >= 4 is 35.3 Å². The Morgan fingerprint density at radius 1 is 1.80 bits per heavy atom. The first-order chi connectivity index (χ1) is 4.34. The van der Waals surface area contributed by atoms with Crippen LogP contribution in [0.4, 0.5) is 0 Å². The van der Waals surface area contributed by atoms with Gasteiger partial charge in [-0.05, 0) is 6.07 Å². The maximum absolute atomic E-state index is 10.7. The number of nitrogens with two attached hydrogens (primary N) is 1. The van der Waals surface area contributed by atoms with Crippen LogP contribution in [0, 0.1) is 0 Å². The Kier molecular flexibility index (Phi) is 4.55. The fourth-order valence-corrected chi connectivity index (χ4v) is 0.521. The van der Waals surface area contributed by atoms with E-state index in [1.807, 2.05) is 0 Å². The molecular weight excluding hydrogens is 141 g/mol. The second kappa shape index (κ2) is 4.62. The molecule has 4 nitrogen and oxygen atoms in total. The van der Waals surface area contributed by atoms with E-state index in [1.54, 1.807) is 6.07 Å². The van der Waals surface area contributed by atoms with Crippen LogP contribution in [0.3, 0.4) is 0 Å². The molecule has 0 aromatic carbocycles. The molecule has 1 rings (SSSR count). The summed E-state index contributed by atoms with van der Waals surface area (Å²) in [5.41, 5.74) is 5.54. The van der Waals surface area contributed by atoms with Crippen molar-refractivity contribution in [2.24, 2.45) is 5.73 Å². The van der Waals surface area contributed by atoms with Gasteiger partial charge in [0.25, 0.3) is 0 Å². The molecule has 0 aliphatic carbocycles. The number of H-pyrrole nitrogens is 1. The third-order valence-corrected chi connectivity index (χ3v) is 0.987. The van der Waals surface area contributed by atoms with Gasteiger partial charge in [0.05, 0.1) is 6.54 Å². The van der Waals surface area contributed by atoms with E-state index in [1.165, 1.54) is 6.20 Å². The van der Waals surface area contributed by atoms with Gasteiger partial charge in [-0.3, -0.25) is 9.89 Å². The second-order valence-electron chi connectivity index (χ2n) is 1.60. The zero-order valence-electron chi connectivity index (χ0n) is 5.79. The van der Waals surface area contributed by atoms with E-state index in [0.29, 0.717) is 5.69 Å². The quantitative estimate of drug-likeness (QED) is 0.424. The van der Waals surface area contributed by atoms with Gasteiger partial charge in [0.15, 0.2) is 5.78 Å². The fourth-order valence-electron chi connectivity index (χ4n) is 0.521. The Labute approximate surface area is 80.5 Å². The molecule has 0 saturated heterocycles. The molecule has 10 heavy (non-hydrogen) atoms. The number of hydrogen-bond donors (Lipinski definition) is 2. The smallest absolute Gasteiger partial charge is 0.194 e. The minimum atomic E-state index is -0.118. The molecule has 5 heteroatoms.